The molecule has 0 N–H and O–H groups in total. The largest absolute Gasteiger partial charge is 0.381 e. The normalized spacial score (nSPS) is 24.4. The van der Waals surface area contributed by atoms with Gasteiger partial charge >= 0.3 is 0 Å². The number of halogens is 1. The average Bonchev–Trinajstić information content (AvgIpc) is 2.61. The molecule has 0 bridgehead atoms. The number of aromatic nitrogens is 2. The minimum atomic E-state index is 0.311. The van der Waals surface area contributed by atoms with Crippen molar-refractivity contribution in [2.45, 2.75) is 51.4 Å². The number of aryl methyl sites for hydroxylation is 2. The molecule has 2 rings (SSSR count). The second-order valence-corrected chi connectivity index (χ2v) is 5.72. The third-order valence-electron chi connectivity index (χ3n) is 3.63. The van der Waals surface area contributed by atoms with Gasteiger partial charge in [-0.1, -0.05) is 0 Å². The number of hydrogen-bond acceptors (Lipinski definition) is 3. The summed E-state index contributed by atoms with van der Waals surface area (Å²) in [5, 5.41) is 4.37. The minimum absolute atomic E-state index is 0.311. The summed E-state index contributed by atoms with van der Waals surface area (Å²) in [5.41, 5.74) is 2.11. The van der Waals surface area contributed by atoms with Crippen molar-refractivity contribution in [2.75, 3.05) is 7.11 Å². The summed E-state index contributed by atoms with van der Waals surface area (Å²) in [4.78, 5) is 0. The Kier molecular flexibility index (Phi) is 4.81. The second kappa shape index (κ2) is 6.17. The molecule has 0 spiro atoms. The monoisotopic (exact) mass is 316 g/mol. The Morgan fingerprint density at radius 1 is 1.39 bits per heavy atom. The maximum Gasteiger partial charge on any atom is 0.0900 e. The van der Waals surface area contributed by atoms with Crippen LogP contribution in [0.1, 0.15) is 37.1 Å². The predicted molar refractivity (Wildman–Crippen MR) is 73.5 cm³/mol. The van der Waals surface area contributed by atoms with Gasteiger partial charge in [0.15, 0.2) is 0 Å². The molecule has 0 aliphatic heterocycles. The zero-order valence-corrected chi connectivity index (χ0v) is 12.9. The summed E-state index contributed by atoms with van der Waals surface area (Å²) in [6.07, 6.45) is 5.16. The van der Waals surface area contributed by atoms with Crippen LogP contribution >= 0.6 is 15.9 Å². The highest BCUT2D eigenvalue weighted by atomic mass is 79.9. The van der Waals surface area contributed by atoms with Gasteiger partial charge in [-0.2, -0.15) is 5.10 Å². The van der Waals surface area contributed by atoms with Gasteiger partial charge in [0.05, 0.1) is 34.7 Å². The fourth-order valence-corrected chi connectivity index (χ4v) is 2.95. The van der Waals surface area contributed by atoms with E-state index in [2.05, 4.69) is 21.0 Å². The summed E-state index contributed by atoms with van der Waals surface area (Å²) < 4.78 is 14.4. The fraction of sp³-hybridized carbons (Fsp3) is 0.769. The maximum atomic E-state index is 6.01. The number of nitrogens with zero attached hydrogens (tertiary/aromatic N) is 2. The van der Waals surface area contributed by atoms with Gasteiger partial charge in [0.25, 0.3) is 0 Å². The van der Waals surface area contributed by atoms with Crippen LogP contribution in [0, 0.1) is 6.92 Å². The highest BCUT2D eigenvalue weighted by Crippen LogP contribution is 2.26. The van der Waals surface area contributed by atoms with Crippen molar-refractivity contribution in [2.24, 2.45) is 7.05 Å². The molecule has 1 fully saturated rings. The fourth-order valence-electron chi connectivity index (χ4n) is 2.50. The van der Waals surface area contributed by atoms with E-state index in [1.54, 1.807) is 7.11 Å². The highest BCUT2D eigenvalue weighted by Gasteiger charge is 2.23. The van der Waals surface area contributed by atoms with E-state index in [1.807, 2.05) is 18.7 Å². The van der Waals surface area contributed by atoms with Crippen molar-refractivity contribution in [3.05, 3.63) is 15.9 Å². The van der Waals surface area contributed by atoms with Gasteiger partial charge in [-0.05, 0) is 48.5 Å². The molecule has 18 heavy (non-hydrogen) atoms. The van der Waals surface area contributed by atoms with Gasteiger partial charge in [0.2, 0.25) is 0 Å². The van der Waals surface area contributed by atoms with Crippen LogP contribution in [0.4, 0.5) is 0 Å². The highest BCUT2D eigenvalue weighted by molar-refractivity contribution is 9.10. The van der Waals surface area contributed by atoms with Crippen LogP contribution in [0.2, 0.25) is 0 Å². The van der Waals surface area contributed by atoms with Crippen molar-refractivity contribution in [1.82, 2.24) is 9.78 Å². The molecule has 1 aromatic heterocycles. The van der Waals surface area contributed by atoms with Crippen molar-refractivity contribution in [1.29, 1.82) is 0 Å². The van der Waals surface area contributed by atoms with E-state index in [-0.39, 0.29) is 0 Å². The summed E-state index contributed by atoms with van der Waals surface area (Å²) in [6, 6.07) is 0. The molecule has 102 valence electrons. The lowest BCUT2D eigenvalue weighted by atomic mass is 9.95. The first-order chi connectivity index (χ1) is 8.61. The molecule has 2 atom stereocenters. The van der Waals surface area contributed by atoms with E-state index in [1.165, 1.54) is 6.42 Å². The van der Waals surface area contributed by atoms with E-state index in [4.69, 9.17) is 9.47 Å². The van der Waals surface area contributed by atoms with Crippen molar-refractivity contribution >= 4 is 15.9 Å². The minimum Gasteiger partial charge on any atom is -0.381 e. The molecule has 1 aliphatic carbocycles. The van der Waals surface area contributed by atoms with Gasteiger partial charge in [0.1, 0.15) is 0 Å². The van der Waals surface area contributed by atoms with E-state index in [0.29, 0.717) is 18.8 Å². The smallest absolute Gasteiger partial charge is 0.0900 e. The summed E-state index contributed by atoms with van der Waals surface area (Å²) in [6.45, 7) is 2.61. The maximum absolute atomic E-state index is 6.01. The lowest BCUT2D eigenvalue weighted by Crippen LogP contribution is -2.27. The van der Waals surface area contributed by atoms with Gasteiger partial charge in [-0.15, -0.1) is 0 Å². The molecule has 0 aromatic carbocycles. The van der Waals surface area contributed by atoms with E-state index >= 15 is 0 Å². The Balaban J connectivity index is 1.91. The zero-order chi connectivity index (χ0) is 13.1. The Bertz CT molecular complexity index is 406. The zero-order valence-electron chi connectivity index (χ0n) is 11.3. The van der Waals surface area contributed by atoms with E-state index in [9.17, 15) is 0 Å². The standard InChI is InChI=1S/C13H21BrN2O2/c1-9-13(14)12(16(2)15-9)8-18-11-6-4-5-10(7-11)17-3/h10-11H,4-8H2,1-3H3. The first kappa shape index (κ1) is 14.0. The van der Waals surface area contributed by atoms with Crippen LogP contribution in [0.3, 0.4) is 0 Å². The molecular formula is C13H21BrN2O2. The Hall–Kier alpha value is -0.390. The molecule has 0 radical (unpaired) electrons. The van der Waals surface area contributed by atoms with Crippen LogP contribution in [0.5, 0.6) is 0 Å². The third kappa shape index (κ3) is 3.13. The molecule has 0 saturated heterocycles. The van der Waals surface area contributed by atoms with Gasteiger partial charge in [-0.3, -0.25) is 4.68 Å². The average molecular weight is 317 g/mol. The molecule has 1 aromatic rings. The quantitative estimate of drug-likeness (QED) is 0.856. The molecule has 1 aliphatic rings. The first-order valence-corrected chi connectivity index (χ1v) is 7.23. The van der Waals surface area contributed by atoms with E-state index < -0.39 is 0 Å². The number of methoxy groups -OCH3 is 1. The number of rotatable bonds is 4. The third-order valence-corrected chi connectivity index (χ3v) is 4.66. The van der Waals surface area contributed by atoms with Gasteiger partial charge in [-0.25, -0.2) is 0 Å². The van der Waals surface area contributed by atoms with Crippen LogP contribution in [0.15, 0.2) is 4.47 Å². The predicted octanol–water partition coefficient (Wildman–Crippen LogP) is 2.97. The van der Waals surface area contributed by atoms with Crippen LogP contribution < -0.4 is 0 Å². The van der Waals surface area contributed by atoms with Crippen molar-refractivity contribution in [3.63, 3.8) is 0 Å². The Morgan fingerprint density at radius 3 is 2.72 bits per heavy atom. The molecule has 1 saturated carbocycles. The topological polar surface area (TPSA) is 36.3 Å². The molecule has 1 heterocycles. The van der Waals surface area contributed by atoms with Crippen LogP contribution in [-0.4, -0.2) is 29.1 Å². The molecule has 2 unspecified atom stereocenters. The lowest BCUT2D eigenvalue weighted by Gasteiger charge is -2.28. The Morgan fingerprint density at radius 2 is 2.11 bits per heavy atom. The van der Waals surface area contributed by atoms with E-state index in [0.717, 1.165) is 35.1 Å². The lowest BCUT2D eigenvalue weighted by molar-refractivity contribution is -0.0380. The van der Waals surface area contributed by atoms with Gasteiger partial charge < -0.3 is 9.47 Å². The van der Waals surface area contributed by atoms with Crippen LogP contribution in [-0.2, 0) is 23.1 Å². The molecule has 0 amide bonds. The number of ether oxygens (including phenoxy) is 2. The van der Waals surface area contributed by atoms with Crippen molar-refractivity contribution in [3.8, 4) is 0 Å². The Labute approximate surface area is 117 Å². The van der Waals surface area contributed by atoms with Crippen LogP contribution in [0.25, 0.3) is 0 Å². The van der Waals surface area contributed by atoms with Crippen molar-refractivity contribution < 1.29 is 9.47 Å². The second-order valence-electron chi connectivity index (χ2n) is 4.93. The van der Waals surface area contributed by atoms with Gasteiger partial charge in [0, 0.05) is 14.2 Å². The molecular weight excluding hydrogens is 296 g/mol. The summed E-state index contributed by atoms with van der Waals surface area (Å²) >= 11 is 3.56. The first-order valence-electron chi connectivity index (χ1n) is 6.44. The number of hydrogen-bond donors (Lipinski definition) is 0. The summed E-state index contributed by atoms with van der Waals surface area (Å²) in [5.74, 6) is 0. The summed E-state index contributed by atoms with van der Waals surface area (Å²) in [7, 11) is 3.74. The SMILES string of the molecule is COC1CCCC(OCc2c(Br)c(C)nn2C)C1. The molecule has 5 heteroatoms. The molecule has 4 nitrogen and oxygen atoms in total.